The molecule has 0 atom stereocenters. The molecule has 0 aliphatic carbocycles. The molecule has 0 radical (unpaired) electrons. The van der Waals surface area contributed by atoms with Crippen LogP contribution >= 0.6 is 0 Å². The molecule has 0 aliphatic heterocycles. The minimum Gasteiger partial charge on any atom is -1.00 e. The smallest absolute Gasteiger partial charge is 1.00 e. The van der Waals surface area contributed by atoms with Gasteiger partial charge in [-0.25, -0.2) is 4.79 Å². The van der Waals surface area contributed by atoms with E-state index in [9.17, 15) is 4.79 Å². The van der Waals surface area contributed by atoms with Crippen molar-refractivity contribution < 1.29 is 34.6 Å². The Labute approximate surface area is 79.7 Å². The molecule has 3 nitrogen and oxygen atoms in total. The molecule has 0 saturated heterocycles. The topological polar surface area (TPSA) is 35.5 Å². The van der Waals surface area contributed by atoms with Gasteiger partial charge < -0.3 is 10.9 Å². The number of carbonyl (C=O) groups excluding carboxylic acids is 1. The fraction of sp³-hybridized carbons (Fsp3) is 0.286. The molecule has 58 valence electrons. The third-order valence-electron chi connectivity index (χ3n) is 0.601. The van der Waals surface area contributed by atoms with Gasteiger partial charge in [-0.2, -0.15) is 0 Å². The Morgan fingerprint density at radius 1 is 1.18 bits per heavy atom. The average Bonchev–Trinajstić information content (AvgIpc) is 1.97. The van der Waals surface area contributed by atoms with Crippen molar-refractivity contribution in [2.45, 2.75) is 13.8 Å². The zero-order valence-electron chi connectivity index (χ0n) is 8.03. The molecule has 0 aromatic rings. The van der Waals surface area contributed by atoms with E-state index in [0.717, 1.165) is 0 Å². The second kappa shape index (κ2) is 9.35. The van der Waals surface area contributed by atoms with Crippen molar-refractivity contribution in [3.05, 3.63) is 24.7 Å². The Hall–Kier alpha value is -0.653. The molecular weight excluding hydrogens is 139 g/mol. The summed E-state index contributed by atoms with van der Waals surface area (Å²) in [6.45, 7) is 3.48. The first-order valence-electron chi connectivity index (χ1n) is 2.91. The Kier molecular flexibility index (Phi) is 11.0. The van der Waals surface area contributed by atoms with Gasteiger partial charge in [0.15, 0.2) is 0 Å². The normalized spacial score (nSPS) is 9.64. The summed E-state index contributed by atoms with van der Waals surface area (Å²) in [5, 5.41) is 0. The minimum atomic E-state index is -0.726. The summed E-state index contributed by atoms with van der Waals surface area (Å²) in [6.07, 6.45) is 4.97. The fourth-order valence-corrected chi connectivity index (χ4v) is 0.275. The van der Waals surface area contributed by atoms with E-state index < -0.39 is 6.16 Å². The van der Waals surface area contributed by atoms with Crippen molar-refractivity contribution in [1.29, 1.82) is 0 Å². The van der Waals surface area contributed by atoms with Crippen LogP contribution in [0.25, 0.3) is 0 Å². The largest absolute Gasteiger partial charge is 1.00 e. The van der Waals surface area contributed by atoms with E-state index >= 15 is 0 Å². The van der Waals surface area contributed by atoms with Gasteiger partial charge in [0.25, 0.3) is 0 Å². The van der Waals surface area contributed by atoms with Crippen LogP contribution in [0.3, 0.4) is 0 Å². The molecule has 0 amide bonds. The summed E-state index contributed by atoms with van der Waals surface area (Å²) in [4.78, 5) is 10.4. The molecule has 0 rings (SSSR count). The number of rotatable bonds is 2. The van der Waals surface area contributed by atoms with E-state index in [1.807, 2.05) is 0 Å². The van der Waals surface area contributed by atoms with E-state index in [2.05, 4.69) is 9.47 Å². The Morgan fingerprint density at radius 2 is 1.55 bits per heavy atom. The van der Waals surface area contributed by atoms with Gasteiger partial charge in [0, 0.05) is 0 Å². The molecule has 0 bridgehead atoms. The van der Waals surface area contributed by atoms with Crippen LogP contribution in [-0.4, -0.2) is 6.16 Å². The molecule has 0 aromatic carbocycles. The Balaban J connectivity index is -0.000000405. The number of hydrogen-bond donors (Lipinski definition) is 0. The van der Waals surface area contributed by atoms with Crippen LogP contribution in [0.15, 0.2) is 24.7 Å². The zero-order chi connectivity index (χ0) is 7.82. The molecule has 0 saturated carbocycles. The van der Waals surface area contributed by atoms with Crippen LogP contribution in [0.2, 0.25) is 0 Å². The summed E-state index contributed by atoms with van der Waals surface area (Å²) in [5.41, 5.74) is 0. The maximum Gasteiger partial charge on any atom is 1.00 e. The molecule has 0 aliphatic rings. The van der Waals surface area contributed by atoms with E-state index in [0.29, 0.717) is 0 Å². The molecular formula is C7H11LiO3. The molecule has 0 heterocycles. The van der Waals surface area contributed by atoms with Crippen molar-refractivity contribution in [3.63, 3.8) is 0 Å². The summed E-state index contributed by atoms with van der Waals surface area (Å²) >= 11 is 0. The summed E-state index contributed by atoms with van der Waals surface area (Å²) in [7, 11) is 0. The third kappa shape index (κ3) is 9.35. The van der Waals surface area contributed by atoms with Gasteiger partial charge in [0.2, 0.25) is 0 Å². The molecule has 11 heavy (non-hydrogen) atoms. The van der Waals surface area contributed by atoms with Crippen LogP contribution < -0.4 is 18.9 Å². The van der Waals surface area contributed by atoms with Gasteiger partial charge in [0.05, 0.1) is 12.5 Å². The maximum absolute atomic E-state index is 10.4. The SMILES string of the molecule is CC=COC(=O)OC=CC.[H-].[Li+]. The van der Waals surface area contributed by atoms with Gasteiger partial charge in [0.1, 0.15) is 0 Å². The summed E-state index contributed by atoms with van der Waals surface area (Å²) in [6, 6.07) is 0. The second-order valence-electron chi connectivity index (χ2n) is 1.42. The van der Waals surface area contributed by atoms with Crippen LogP contribution in [0, 0.1) is 0 Å². The van der Waals surface area contributed by atoms with Gasteiger partial charge in [-0.3, -0.25) is 0 Å². The van der Waals surface area contributed by atoms with E-state index in [-0.39, 0.29) is 20.3 Å². The molecule has 0 aromatic heterocycles. The van der Waals surface area contributed by atoms with Crippen LogP contribution in [-0.2, 0) is 9.47 Å². The third-order valence-corrected chi connectivity index (χ3v) is 0.601. The summed E-state index contributed by atoms with van der Waals surface area (Å²) < 4.78 is 8.80. The van der Waals surface area contributed by atoms with Gasteiger partial charge in [-0.1, -0.05) is 12.2 Å². The van der Waals surface area contributed by atoms with Crippen molar-refractivity contribution in [2.75, 3.05) is 0 Å². The predicted molar refractivity (Wildman–Crippen MR) is 38.3 cm³/mol. The zero-order valence-corrected chi connectivity index (χ0v) is 7.03. The summed E-state index contributed by atoms with van der Waals surface area (Å²) in [5.74, 6) is 0. The van der Waals surface area contributed by atoms with E-state index in [1.165, 1.54) is 12.5 Å². The first kappa shape index (κ1) is 13.0. The van der Waals surface area contributed by atoms with Crippen molar-refractivity contribution >= 4 is 6.16 Å². The fourth-order valence-electron chi connectivity index (χ4n) is 0.275. The standard InChI is InChI=1S/C7H10O3.Li.H/c1-3-5-9-7(8)10-6-4-2;;/h3-6H,1-2H3;;/q;+1;-1. The van der Waals surface area contributed by atoms with Gasteiger partial charge in [-0.05, 0) is 13.8 Å². The first-order chi connectivity index (χ1) is 4.81. The Bertz CT molecular complexity index is 141. The number of allylic oxidation sites excluding steroid dienone is 2. The number of carbonyl (C=O) groups is 1. The molecule has 4 heteroatoms. The molecule has 0 spiro atoms. The van der Waals surface area contributed by atoms with E-state index in [4.69, 9.17) is 0 Å². The van der Waals surface area contributed by atoms with Gasteiger partial charge >= 0.3 is 25.0 Å². The van der Waals surface area contributed by atoms with Crippen molar-refractivity contribution in [1.82, 2.24) is 0 Å². The van der Waals surface area contributed by atoms with Crippen molar-refractivity contribution in [2.24, 2.45) is 0 Å². The quantitative estimate of drug-likeness (QED) is 0.297. The maximum atomic E-state index is 10.4. The van der Waals surface area contributed by atoms with Gasteiger partial charge in [-0.15, -0.1) is 0 Å². The monoisotopic (exact) mass is 150 g/mol. The Morgan fingerprint density at radius 3 is 1.82 bits per heavy atom. The van der Waals surface area contributed by atoms with Crippen LogP contribution in [0.4, 0.5) is 4.79 Å². The minimum absolute atomic E-state index is 0. The predicted octanol–water partition coefficient (Wildman–Crippen LogP) is -0.677. The molecule has 0 unspecified atom stereocenters. The molecule has 0 fully saturated rings. The molecule has 0 N–H and O–H groups in total. The van der Waals surface area contributed by atoms with Crippen LogP contribution in [0.5, 0.6) is 0 Å². The average molecular weight is 150 g/mol. The second-order valence-corrected chi connectivity index (χ2v) is 1.42. The van der Waals surface area contributed by atoms with Crippen molar-refractivity contribution in [3.8, 4) is 0 Å². The number of ether oxygens (including phenoxy) is 2. The van der Waals surface area contributed by atoms with E-state index in [1.54, 1.807) is 26.0 Å². The van der Waals surface area contributed by atoms with Crippen LogP contribution in [0.1, 0.15) is 15.3 Å². The number of hydrogen-bond acceptors (Lipinski definition) is 3. The first-order valence-corrected chi connectivity index (χ1v) is 2.91.